The molecule has 1 heterocycles. The molecule has 4 aromatic carbocycles. The van der Waals surface area contributed by atoms with Crippen molar-refractivity contribution in [2.45, 2.75) is 37.0 Å². The molecule has 1 amide bonds. The van der Waals surface area contributed by atoms with Gasteiger partial charge in [0.05, 0.1) is 5.54 Å². The summed E-state index contributed by atoms with van der Waals surface area (Å²) in [5.41, 5.74) is -0.0197. The van der Waals surface area contributed by atoms with Crippen LogP contribution in [0, 0.1) is 0 Å². The number of alkyl halides is 3. The number of aromatic nitrogens is 3. The molecule has 1 unspecified atom stereocenters. The molecule has 1 saturated carbocycles. The average Bonchev–Trinajstić information content (AvgIpc) is 3.91. The third kappa shape index (κ3) is 9.17. The minimum atomic E-state index is -4.64. The molecule has 0 spiro atoms. The zero-order valence-electron chi connectivity index (χ0n) is 27.5. The second kappa shape index (κ2) is 15.2. The van der Waals surface area contributed by atoms with E-state index in [0.717, 1.165) is 5.56 Å². The van der Waals surface area contributed by atoms with Crippen LogP contribution in [0.5, 0.6) is 6.01 Å². The van der Waals surface area contributed by atoms with E-state index in [0.29, 0.717) is 29.2 Å². The van der Waals surface area contributed by atoms with E-state index < -0.39 is 53.1 Å². The third-order valence-corrected chi connectivity index (χ3v) is 8.42. The van der Waals surface area contributed by atoms with E-state index in [-0.39, 0.29) is 41.8 Å². The number of ether oxygens (including phenoxy) is 1. The maximum Gasteiger partial charge on any atom is 0.422 e. The average molecular weight is 751 g/mol. The Bertz CT molecular complexity index is 2180. The van der Waals surface area contributed by atoms with Gasteiger partial charge in [-0.3, -0.25) is 14.4 Å². The minimum absolute atomic E-state index is 0.0196. The Balaban J connectivity index is 1.09. The molecule has 0 bridgehead atoms. The van der Waals surface area contributed by atoms with Crippen molar-refractivity contribution in [2.75, 3.05) is 34.4 Å². The van der Waals surface area contributed by atoms with E-state index in [9.17, 15) is 37.5 Å². The SMILES string of the molecule is O=C(NC(CCNc1c(Nc2ccccc2)c(=O)c1=O)C(=O)O)c1ccc(Nc2nc(NC3(c4ccc(Cl)cc4)CC3)nc(OCC(F)(F)F)n2)cc1. The van der Waals surface area contributed by atoms with Crippen molar-refractivity contribution >= 4 is 58.1 Å². The summed E-state index contributed by atoms with van der Waals surface area (Å²) >= 11 is 6.02. The topological polar surface area (TPSA) is 197 Å². The van der Waals surface area contributed by atoms with Crippen LogP contribution < -0.4 is 42.2 Å². The first-order valence-corrected chi connectivity index (χ1v) is 16.5. The highest BCUT2D eigenvalue weighted by Crippen LogP contribution is 2.48. The second-order valence-electron chi connectivity index (χ2n) is 12.1. The third-order valence-electron chi connectivity index (χ3n) is 8.17. The number of halogens is 4. The molecule has 1 aliphatic carbocycles. The smallest absolute Gasteiger partial charge is 0.422 e. The van der Waals surface area contributed by atoms with E-state index >= 15 is 0 Å². The molecule has 0 aliphatic heterocycles. The Labute approximate surface area is 303 Å². The predicted molar refractivity (Wildman–Crippen MR) is 190 cm³/mol. The molecule has 6 N–H and O–H groups in total. The van der Waals surface area contributed by atoms with Crippen LogP contribution in [0.15, 0.2) is 88.5 Å². The Kier molecular flexibility index (Phi) is 10.5. The molecule has 5 aromatic rings. The van der Waals surface area contributed by atoms with E-state index in [1.54, 1.807) is 42.5 Å². The second-order valence-corrected chi connectivity index (χ2v) is 12.5. The minimum Gasteiger partial charge on any atom is -0.480 e. The lowest BCUT2D eigenvalue weighted by molar-refractivity contribution is -0.154. The van der Waals surface area contributed by atoms with Crippen LogP contribution in [0.1, 0.15) is 35.2 Å². The number of anilines is 6. The lowest BCUT2D eigenvalue weighted by atomic mass is 10.1. The van der Waals surface area contributed by atoms with E-state index in [4.69, 9.17) is 16.3 Å². The molecule has 0 saturated heterocycles. The highest BCUT2D eigenvalue weighted by atomic mass is 35.5. The molecule has 1 aliphatic rings. The number of para-hydroxylation sites is 1. The highest BCUT2D eigenvalue weighted by Gasteiger charge is 2.45. The van der Waals surface area contributed by atoms with Gasteiger partial charge in [-0.15, -0.1) is 0 Å². The van der Waals surface area contributed by atoms with Crippen LogP contribution in [0.3, 0.4) is 0 Å². The maximum absolute atomic E-state index is 13.0. The number of benzene rings is 3. The van der Waals surface area contributed by atoms with Crippen LogP contribution in [0.2, 0.25) is 5.02 Å². The molecule has 53 heavy (non-hydrogen) atoms. The van der Waals surface area contributed by atoms with Crippen molar-refractivity contribution in [3.63, 3.8) is 0 Å². The molecule has 18 heteroatoms. The summed E-state index contributed by atoms with van der Waals surface area (Å²) in [6.07, 6.45) is -3.36. The van der Waals surface area contributed by atoms with Gasteiger partial charge >= 0.3 is 18.2 Å². The monoisotopic (exact) mass is 750 g/mol. The van der Waals surface area contributed by atoms with Crippen LogP contribution >= 0.6 is 11.6 Å². The Hall–Kier alpha value is -6.23. The zero-order valence-corrected chi connectivity index (χ0v) is 28.2. The summed E-state index contributed by atoms with van der Waals surface area (Å²) in [5.74, 6) is -2.22. The summed E-state index contributed by atoms with van der Waals surface area (Å²) in [6, 6.07) is 19.6. The van der Waals surface area contributed by atoms with Gasteiger partial charge in [0.25, 0.3) is 16.8 Å². The number of hydrogen-bond donors (Lipinski definition) is 6. The maximum atomic E-state index is 13.0. The van der Waals surface area contributed by atoms with Crippen LogP contribution in [0.25, 0.3) is 0 Å². The highest BCUT2D eigenvalue weighted by molar-refractivity contribution is 6.30. The first kappa shape index (κ1) is 36.6. The zero-order chi connectivity index (χ0) is 37.8. The molecule has 0 radical (unpaired) electrons. The molecule has 1 aromatic heterocycles. The van der Waals surface area contributed by atoms with Crippen LogP contribution in [-0.2, 0) is 10.3 Å². The first-order valence-electron chi connectivity index (χ1n) is 16.1. The molecule has 274 valence electrons. The summed E-state index contributed by atoms with van der Waals surface area (Å²) < 4.78 is 43.6. The van der Waals surface area contributed by atoms with Crippen molar-refractivity contribution in [1.29, 1.82) is 0 Å². The number of carboxylic acids is 1. The van der Waals surface area contributed by atoms with Gasteiger partial charge in [0, 0.05) is 28.5 Å². The summed E-state index contributed by atoms with van der Waals surface area (Å²) in [5, 5.41) is 24.4. The van der Waals surface area contributed by atoms with Gasteiger partial charge in [-0.05, 0) is 73.4 Å². The van der Waals surface area contributed by atoms with Gasteiger partial charge < -0.3 is 36.4 Å². The van der Waals surface area contributed by atoms with E-state index in [1.165, 1.54) is 24.3 Å². The first-order chi connectivity index (χ1) is 25.3. The van der Waals surface area contributed by atoms with E-state index in [2.05, 4.69) is 41.5 Å². The van der Waals surface area contributed by atoms with Crippen LogP contribution in [0.4, 0.5) is 47.8 Å². The lowest BCUT2D eigenvalue weighted by Gasteiger charge is -2.19. The van der Waals surface area contributed by atoms with E-state index in [1.807, 2.05) is 12.1 Å². The van der Waals surface area contributed by atoms with Gasteiger partial charge in [-0.25, -0.2) is 4.79 Å². The summed E-state index contributed by atoms with van der Waals surface area (Å²) in [7, 11) is 0. The van der Waals surface area contributed by atoms with Crippen LogP contribution in [-0.4, -0.2) is 57.3 Å². The summed E-state index contributed by atoms with van der Waals surface area (Å²) in [4.78, 5) is 61.4. The number of aliphatic carboxylic acids is 1. The number of carbonyl (C=O) groups excluding carboxylic acids is 1. The number of rotatable bonds is 16. The number of amides is 1. The van der Waals surface area contributed by atoms with Crippen molar-refractivity contribution in [3.05, 3.63) is 115 Å². The van der Waals surface area contributed by atoms with Crippen molar-refractivity contribution in [2.24, 2.45) is 0 Å². The summed E-state index contributed by atoms with van der Waals surface area (Å²) in [6.45, 7) is -1.68. The van der Waals surface area contributed by atoms with Crippen molar-refractivity contribution in [1.82, 2.24) is 20.3 Å². The van der Waals surface area contributed by atoms with Gasteiger partial charge in [-0.1, -0.05) is 41.9 Å². The van der Waals surface area contributed by atoms with Gasteiger partial charge in [-0.2, -0.15) is 28.1 Å². The normalized spacial score (nSPS) is 13.8. The molecule has 14 nitrogen and oxygen atoms in total. The lowest BCUT2D eigenvalue weighted by Crippen LogP contribution is -2.42. The standard InChI is InChI=1S/C35H30ClF3N8O6/c36-21-10-8-20(9-11-21)34(15-16-34)47-32-44-31(45-33(46-32)53-18-35(37,38)39)42-23-12-6-19(7-13-23)29(50)43-24(30(51)52)14-17-40-25-26(28(49)27(25)48)41-22-4-2-1-3-5-22/h1-13,24,40-41H,14-18H2,(H,43,50)(H,51,52)(H2,42,44,45,46,47). The number of nitrogens with one attached hydrogen (secondary N) is 5. The largest absolute Gasteiger partial charge is 0.480 e. The number of nitrogens with zero attached hydrogens (tertiary/aromatic N) is 3. The molecule has 1 atom stereocenters. The predicted octanol–water partition coefficient (Wildman–Crippen LogP) is 5.34. The van der Waals surface area contributed by atoms with Gasteiger partial charge in [0.15, 0.2) is 6.61 Å². The Morgan fingerprint density at radius 2 is 1.49 bits per heavy atom. The fourth-order valence-electron chi connectivity index (χ4n) is 5.29. The Morgan fingerprint density at radius 3 is 2.13 bits per heavy atom. The molecule has 1 fully saturated rings. The van der Waals surface area contributed by atoms with Crippen molar-refractivity contribution in [3.8, 4) is 6.01 Å². The number of hydrogen-bond acceptors (Lipinski definition) is 12. The van der Waals surface area contributed by atoms with Gasteiger partial charge in [0.1, 0.15) is 17.4 Å². The molecular weight excluding hydrogens is 721 g/mol. The Morgan fingerprint density at radius 1 is 0.849 bits per heavy atom. The quantitative estimate of drug-likeness (QED) is 0.0709. The fourth-order valence-corrected chi connectivity index (χ4v) is 5.42. The number of carboxylic acid groups (broad SMARTS) is 1. The fraction of sp³-hybridized carbons (Fsp3) is 0.229. The number of carbonyl (C=O) groups is 2. The molecule has 6 rings (SSSR count). The molecular formula is C35H30ClF3N8O6. The van der Waals surface area contributed by atoms with Crippen molar-refractivity contribution < 1.29 is 32.6 Å². The van der Waals surface area contributed by atoms with Gasteiger partial charge in [0.2, 0.25) is 11.9 Å².